The van der Waals surface area contributed by atoms with E-state index in [2.05, 4.69) is 15.5 Å². The second kappa shape index (κ2) is 5.65. The first-order valence-electron chi connectivity index (χ1n) is 5.23. The largest absolute Gasteiger partial charge is 0.435 e. The topological polar surface area (TPSA) is 58.1 Å². The van der Waals surface area contributed by atoms with Crippen molar-refractivity contribution in [2.45, 2.75) is 13.1 Å². The highest BCUT2D eigenvalue weighted by molar-refractivity contribution is 5.80. The van der Waals surface area contributed by atoms with E-state index in [9.17, 15) is 18.0 Å². The third-order valence-corrected chi connectivity index (χ3v) is 2.28. The lowest BCUT2D eigenvalue weighted by atomic mass is 10.4. The summed E-state index contributed by atoms with van der Waals surface area (Å²) in [6.45, 7) is 2.33. The Morgan fingerprint density at radius 2 is 2.06 bits per heavy atom. The van der Waals surface area contributed by atoms with Crippen LogP contribution in [-0.4, -0.2) is 41.1 Å². The molecule has 0 unspecified atom stereocenters. The fourth-order valence-corrected chi connectivity index (χ4v) is 1.06. The van der Waals surface area contributed by atoms with Gasteiger partial charge in [-0.2, -0.15) is 13.2 Å². The number of halogens is 3. The van der Waals surface area contributed by atoms with Gasteiger partial charge < -0.3 is 10.2 Å². The van der Waals surface area contributed by atoms with Crippen LogP contribution < -0.4 is 5.32 Å². The Bertz CT molecular complexity index is 405. The van der Waals surface area contributed by atoms with Crippen LogP contribution in [0.3, 0.4) is 0 Å². The molecule has 0 saturated carbocycles. The van der Waals surface area contributed by atoms with Gasteiger partial charge in [0.1, 0.15) is 5.82 Å². The fraction of sp³-hybridized carbons (Fsp3) is 0.500. The van der Waals surface area contributed by atoms with Gasteiger partial charge in [0, 0.05) is 13.6 Å². The van der Waals surface area contributed by atoms with Crippen LogP contribution in [0, 0.1) is 0 Å². The predicted octanol–water partition coefficient (Wildman–Crippen LogP) is 1.39. The molecule has 0 saturated heterocycles. The highest BCUT2D eigenvalue weighted by Crippen LogP contribution is 2.26. The predicted molar refractivity (Wildman–Crippen MR) is 58.8 cm³/mol. The first-order chi connectivity index (χ1) is 8.34. The van der Waals surface area contributed by atoms with E-state index in [1.54, 1.807) is 7.05 Å². The van der Waals surface area contributed by atoms with Gasteiger partial charge in [-0.05, 0) is 19.1 Å². The molecule has 0 aromatic carbocycles. The van der Waals surface area contributed by atoms with Crippen molar-refractivity contribution in [2.24, 2.45) is 0 Å². The van der Waals surface area contributed by atoms with Gasteiger partial charge >= 0.3 is 6.18 Å². The monoisotopic (exact) mass is 262 g/mol. The van der Waals surface area contributed by atoms with E-state index in [0.717, 1.165) is 12.1 Å². The number of aromatic nitrogens is 2. The molecule has 0 bridgehead atoms. The van der Waals surface area contributed by atoms with Gasteiger partial charge in [0.25, 0.3) is 0 Å². The number of carbonyl (C=O) groups is 1. The van der Waals surface area contributed by atoms with Gasteiger partial charge in [0.05, 0.1) is 6.54 Å². The highest BCUT2D eigenvalue weighted by atomic mass is 19.4. The van der Waals surface area contributed by atoms with E-state index in [0.29, 0.717) is 6.54 Å². The van der Waals surface area contributed by atoms with Crippen molar-refractivity contribution >= 4 is 11.7 Å². The maximum Gasteiger partial charge on any atom is 0.435 e. The molecular weight excluding hydrogens is 249 g/mol. The smallest absolute Gasteiger partial charge is 0.360 e. The molecule has 1 heterocycles. The minimum atomic E-state index is -4.51. The zero-order valence-corrected chi connectivity index (χ0v) is 9.95. The quantitative estimate of drug-likeness (QED) is 0.890. The van der Waals surface area contributed by atoms with Gasteiger partial charge in [0.15, 0.2) is 5.69 Å². The van der Waals surface area contributed by atoms with Crippen LogP contribution in [0.1, 0.15) is 12.6 Å². The number of amides is 1. The molecule has 0 fully saturated rings. The van der Waals surface area contributed by atoms with E-state index < -0.39 is 11.9 Å². The minimum absolute atomic E-state index is 0.0373. The molecule has 100 valence electrons. The van der Waals surface area contributed by atoms with Crippen molar-refractivity contribution in [2.75, 3.05) is 25.5 Å². The summed E-state index contributed by atoms with van der Waals surface area (Å²) in [5.41, 5.74) is -1.06. The van der Waals surface area contributed by atoms with Gasteiger partial charge in [-0.1, -0.05) is 0 Å². The molecule has 1 aromatic heterocycles. The lowest BCUT2D eigenvalue weighted by Gasteiger charge is -2.14. The zero-order chi connectivity index (χ0) is 13.8. The summed E-state index contributed by atoms with van der Waals surface area (Å²) in [7, 11) is 1.63. The van der Waals surface area contributed by atoms with Crippen LogP contribution in [0.5, 0.6) is 0 Å². The van der Waals surface area contributed by atoms with Crippen molar-refractivity contribution in [3.63, 3.8) is 0 Å². The molecule has 0 aliphatic rings. The Balaban J connectivity index is 2.57. The molecule has 0 spiro atoms. The van der Waals surface area contributed by atoms with Crippen molar-refractivity contribution in [1.29, 1.82) is 0 Å². The highest BCUT2D eigenvalue weighted by Gasteiger charge is 2.32. The molecule has 0 atom stereocenters. The molecule has 1 aromatic rings. The number of rotatable bonds is 4. The molecule has 1 rings (SSSR count). The number of nitrogens with one attached hydrogen (secondary N) is 1. The number of hydrogen-bond acceptors (Lipinski definition) is 4. The van der Waals surface area contributed by atoms with Crippen LogP contribution in [0.2, 0.25) is 0 Å². The number of likely N-dealkylation sites (N-methyl/N-ethyl adjacent to an activating group) is 1. The average Bonchev–Trinajstić information content (AvgIpc) is 2.34. The first kappa shape index (κ1) is 14.2. The summed E-state index contributed by atoms with van der Waals surface area (Å²) in [6, 6.07) is 1.94. The molecule has 0 radical (unpaired) electrons. The van der Waals surface area contributed by atoms with Crippen LogP contribution in [0.25, 0.3) is 0 Å². The van der Waals surface area contributed by atoms with Crippen molar-refractivity contribution in [1.82, 2.24) is 15.1 Å². The van der Waals surface area contributed by atoms with E-state index >= 15 is 0 Å². The van der Waals surface area contributed by atoms with Crippen molar-refractivity contribution in [3.05, 3.63) is 17.8 Å². The summed E-state index contributed by atoms with van der Waals surface area (Å²) in [4.78, 5) is 12.9. The average molecular weight is 262 g/mol. The normalized spacial score (nSPS) is 11.2. The van der Waals surface area contributed by atoms with E-state index in [4.69, 9.17) is 0 Å². The molecule has 8 heteroatoms. The Morgan fingerprint density at radius 3 is 2.50 bits per heavy atom. The summed E-state index contributed by atoms with van der Waals surface area (Å²) >= 11 is 0. The molecule has 1 amide bonds. The molecule has 1 N–H and O–H groups in total. The lowest BCUT2D eigenvalue weighted by Crippen LogP contribution is -2.32. The molecule has 0 aliphatic carbocycles. The SMILES string of the molecule is CCN(C)C(=O)CNc1ccc(C(F)(F)F)nn1. The number of nitrogens with zero attached hydrogens (tertiary/aromatic N) is 3. The van der Waals surface area contributed by atoms with Gasteiger partial charge in [-0.3, -0.25) is 4.79 Å². The second-order valence-electron chi connectivity index (χ2n) is 3.56. The zero-order valence-electron chi connectivity index (χ0n) is 9.95. The Morgan fingerprint density at radius 1 is 1.39 bits per heavy atom. The number of alkyl halides is 3. The van der Waals surface area contributed by atoms with Gasteiger partial charge in [0.2, 0.25) is 5.91 Å². The molecular formula is C10H13F3N4O. The Labute approximate surface area is 102 Å². The minimum Gasteiger partial charge on any atom is -0.360 e. The molecule has 18 heavy (non-hydrogen) atoms. The van der Waals surface area contributed by atoms with Crippen LogP contribution in [0.4, 0.5) is 19.0 Å². The number of carbonyl (C=O) groups excluding carboxylic acids is 1. The summed E-state index contributed by atoms with van der Waals surface area (Å²) in [6.07, 6.45) is -4.51. The van der Waals surface area contributed by atoms with Gasteiger partial charge in [-0.25, -0.2) is 0 Å². The van der Waals surface area contributed by atoms with Crippen molar-refractivity contribution in [3.8, 4) is 0 Å². The van der Waals surface area contributed by atoms with Crippen LogP contribution in [-0.2, 0) is 11.0 Å². The molecule has 5 nitrogen and oxygen atoms in total. The Kier molecular flexibility index (Phi) is 4.46. The molecule has 0 aliphatic heterocycles. The van der Waals surface area contributed by atoms with Gasteiger partial charge in [-0.15, -0.1) is 10.2 Å². The van der Waals surface area contributed by atoms with Crippen molar-refractivity contribution < 1.29 is 18.0 Å². The third kappa shape index (κ3) is 3.86. The van der Waals surface area contributed by atoms with E-state index in [1.807, 2.05) is 6.92 Å². The third-order valence-electron chi connectivity index (χ3n) is 2.28. The Hall–Kier alpha value is -1.86. The number of anilines is 1. The summed E-state index contributed by atoms with van der Waals surface area (Å²) < 4.78 is 36.6. The second-order valence-corrected chi connectivity index (χ2v) is 3.56. The van der Waals surface area contributed by atoms with Crippen LogP contribution >= 0.6 is 0 Å². The maximum absolute atomic E-state index is 12.2. The first-order valence-corrected chi connectivity index (χ1v) is 5.23. The summed E-state index contributed by atoms with van der Waals surface area (Å²) in [5, 5.41) is 8.99. The standard InChI is InChI=1S/C10H13F3N4O/c1-3-17(2)9(18)6-14-8-5-4-7(15-16-8)10(11,12)13/h4-5H,3,6H2,1-2H3,(H,14,16). The lowest BCUT2D eigenvalue weighted by molar-refractivity contribution is -0.141. The fourth-order valence-electron chi connectivity index (χ4n) is 1.06. The maximum atomic E-state index is 12.2. The number of hydrogen-bond donors (Lipinski definition) is 1. The van der Waals surface area contributed by atoms with E-state index in [1.165, 1.54) is 4.90 Å². The summed E-state index contributed by atoms with van der Waals surface area (Å²) in [5.74, 6) is -0.0555. The van der Waals surface area contributed by atoms with Crippen LogP contribution in [0.15, 0.2) is 12.1 Å². The van der Waals surface area contributed by atoms with E-state index in [-0.39, 0.29) is 18.3 Å².